The maximum absolute atomic E-state index is 12.8. The Hall–Kier alpha value is -3.10. The maximum Gasteiger partial charge on any atom is 0.352 e. The second-order valence-corrected chi connectivity index (χ2v) is 7.55. The molecule has 9 heteroatoms. The number of imidazole rings is 1. The highest BCUT2D eigenvalue weighted by Gasteiger charge is 2.24. The van der Waals surface area contributed by atoms with Gasteiger partial charge in [0, 0.05) is 6.04 Å². The van der Waals surface area contributed by atoms with Gasteiger partial charge in [-0.15, -0.1) is 5.10 Å². The fourth-order valence-electron chi connectivity index (χ4n) is 4.10. The van der Waals surface area contributed by atoms with E-state index in [1.807, 2.05) is 18.2 Å². The van der Waals surface area contributed by atoms with E-state index in [9.17, 15) is 14.4 Å². The van der Waals surface area contributed by atoms with Crippen molar-refractivity contribution >= 4 is 28.6 Å². The lowest BCUT2D eigenvalue weighted by molar-refractivity contribution is -0.123. The number of nitrogens with two attached hydrogens (primary N) is 1. The number of hydrogen-bond donors (Lipinski definition) is 2. The van der Waals surface area contributed by atoms with Crippen molar-refractivity contribution in [2.45, 2.75) is 51.7 Å². The van der Waals surface area contributed by atoms with Crippen molar-refractivity contribution in [2.75, 3.05) is 0 Å². The molecule has 0 radical (unpaired) electrons. The molecule has 1 aliphatic rings. The number of rotatable bonds is 5. The normalized spacial score (nSPS) is 19.9. The first-order chi connectivity index (χ1) is 13.5. The summed E-state index contributed by atoms with van der Waals surface area (Å²) in [6, 6.07) is 7.47. The van der Waals surface area contributed by atoms with E-state index >= 15 is 0 Å². The molecule has 0 unspecified atom stereocenters. The number of para-hydroxylation sites is 2. The Bertz CT molecular complexity index is 1110. The van der Waals surface area contributed by atoms with Gasteiger partial charge in [-0.3, -0.25) is 14.2 Å². The zero-order valence-corrected chi connectivity index (χ0v) is 15.8. The van der Waals surface area contributed by atoms with Crippen LogP contribution in [0.15, 0.2) is 29.1 Å². The molecular formula is C19H24N6O3. The molecule has 0 bridgehead atoms. The van der Waals surface area contributed by atoms with Gasteiger partial charge in [0.1, 0.15) is 13.1 Å². The summed E-state index contributed by atoms with van der Waals surface area (Å²) in [7, 11) is 0. The van der Waals surface area contributed by atoms with E-state index in [2.05, 4.69) is 17.3 Å². The predicted octanol–water partition coefficient (Wildman–Crippen LogP) is 0.631. The van der Waals surface area contributed by atoms with Crippen LogP contribution in [0.5, 0.6) is 0 Å². The van der Waals surface area contributed by atoms with E-state index in [4.69, 9.17) is 5.73 Å². The largest absolute Gasteiger partial charge is 0.368 e. The Morgan fingerprint density at radius 1 is 1.18 bits per heavy atom. The van der Waals surface area contributed by atoms with E-state index < -0.39 is 11.6 Å². The molecule has 0 aliphatic heterocycles. The fourth-order valence-corrected chi connectivity index (χ4v) is 4.10. The summed E-state index contributed by atoms with van der Waals surface area (Å²) in [6.45, 7) is 1.91. The highest BCUT2D eigenvalue weighted by atomic mass is 16.2. The number of benzene rings is 1. The van der Waals surface area contributed by atoms with Crippen molar-refractivity contribution in [3.8, 4) is 0 Å². The third-order valence-corrected chi connectivity index (χ3v) is 5.54. The molecule has 1 aliphatic carbocycles. The van der Waals surface area contributed by atoms with Crippen molar-refractivity contribution in [3.63, 3.8) is 0 Å². The van der Waals surface area contributed by atoms with Gasteiger partial charge in [0.2, 0.25) is 17.6 Å². The zero-order chi connectivity index (χ0) is 19.8. The minimum atomic E-state index is -0.650. The summed E-state index contributed by atoms with van der Waals surface area (Å²) in [5.74, 6) is 0.0115. The standard InChI is InChI=1S/C19H24N6O3/c1-12-6-2-3-7-13(12)21-17(27)11-23-14-8-4-5-9-15(14)25-18(23)22-24(19(25)28)10-16(20)26/h4-5,8-9,12-13H,2-3,6-7,10-11H2,1H3,(H2,20,26)(H,21,27)/t12-,13-/m1/s1. The van der Waals surface area contributed by atoms with Gasteiger partial charge >= 0.3 is 5.69 Å². The molecule has 2 heterocycles. The summed E-state index contributed by atoms with van der Waals surface area (Å²) in [5, 5.41) is 7.39. The number of carbonyl (C=O) groups is 2. The number of aromatic nitrogens is 4. The molecule has 2 atom stereocenters. The lowest BCUT2D eigenvalue weighted by Crippen LogP contribution is -2.42. The van der Waals surface area contributed by atoms with Crippen molar-refractivity contribution in [1.29, 1.82) is 0 Å². The summed E-state index contributed by atoms with van der Waals surface area (Å²) < 4.78 is 4.15. The van der Waals surface area contributed by atoms with Crippen LogP contribution in [0.25, 0.3) is 16.8 Å². The second kappa shape index (κ2) is 7.14. The average Bonchev–Trinajstić information content (AvgIpc) is 3.12. The summed E-state index contributed by atoms with van der Waals surface area (Å²) in [4.78, 5) is 36.7. The summed E-state index contributed by atoms with van der Waals surface area (Å²) >= 11 is 0. The summed E-state index contributed by atoms with van der Waals surface area (Å²) in [6.07, 6.45) is 4.44. The van der Waals surface area contributed by atoms with Crippen LogP contribution >= 0.6 is 0 Å². The lowest BCUT2D eigenvalue weighted by Gasteiger charge is -2.29. The number of carbonyl (C=O) groups excluding carboxylic acids is 2. The molecule has 3 aromatic rings. The highest BCUT2D eigenvalue weighted by Crippen LogP contribution is 2.24. The van der Waals surface area contributed by atoms with Gasteiger partial charge in [-0.1, -0.05) is 31.9 Å². The summed E-state index contributed by atoms with van der Waals surface area (Å²) in [5.41, 5.74) is 6.13. The third kappa shape index (κ3) is 3.17. The highest BCUT2D eigenvalue weighted by molar-refractivity contribution is 5.84. The molecule has 28 heavy (non-hydrogen) atoms. The van der Waals surface area contributed by atoms with Crippen molar-refractivity contribution < 1.29 is 9.59 Å². The van der Waals surface area contributed by atoms with Crippen LogP contribution in [0.1, 0.15) is 32.6 Å². The number of primary amides is 1. The van der Waals surface area contributed by atoms with Gasteiger partial charge in [0.25, 0.3) is 0 Å². The van der Waals surface area contributed by atoms with Crippen LogP contribution < -0.4 is 16.7 Å². The lowest BCUT2D eigenvalue weighted by atomic mass is 9.86. The molecule has 0 saturated heterocycles. The van der Waals surface area contributed by atoms with Crippen LogP contribution in [0.3, 0.4) is 0 Å². The smallest absolute Gasteiger partial charge is 0.352 e. The minimum Gasteiger partial charge on any atom is -0.368 e. The Morgan fingerprint density at radius 2 is 1.89 bits per heavy atom. The van der Waals surface area contributed by atoms with Crippen LogP contribution in [-0.2, 0) is 22.7 Å². The zero-order valence-electron chi connectivity index (χ0n) is 15.8. The Kier molecular flexibility index (Phi) is 4.66. The molecule has 9 nitrogen and oxygen atoms in total. The first kappa shape index (κ1) is 18.3. The molecule has 1 aromatic carbocycles. The number of nitrogens with zero attached hydrogens (tertiary/aromatic N) is 4. The molecule has 0 spiro atoms. The average molecular weight is 384 g/mol. The predicted molar refractivity (Wildman–Crippen MR) is 104 cm³/mol. The number of fused-ring (bicyclic) bond motifs is 3. The van der Waals surface area contributed by atoms with E-state index in [1.54, 1.807) is 10.6 Å². The van der Waals surface area contributed by atoms with E-state index in [1.165, 1.54) is 10.8 Å². The van der Waals surface area contributed by atoms with E-state index in [0.717, 1.165) is 29.5 Å². The second-order valence-electron chi connectivity index (χ2n) is 7.55. The van der Waals surface area contributed by atoms with Gasteiger partial charge in [0.05, 0.1) is 11.0 Å². The molecular weight excluding hydrogens is 360 g/mol. The first-order valence-electron chi connectivity index (χ1n) is 9.60. The van der Waals surface area contributed by atoms with Gasteiger partial charge < -0.3 is 11.1 Å². The minimum absolute atomic E-state index is 0.0489. The topological polar surface area (TPSA) is 116 Å². The van der Waals surface area contributed by atoms with Crippen LogP contribution in [0.4, 0.5) is 0 Å². The first-order valence-corrected chi connectivity index (χ1v) is 9.60. The van der Waals surface area contributed by atoms with Crippen LogP contribution in [0.2, 0.25) is 0 Å². The van der Waals surface area contributed by atoms with Gasteiger partial charge in [0.15, 0.2) is 0 Å². The van der Waals surface area contributed by atoms with E-state index in [-0.39, 0.29) is 25.0 Å². The molecule has 3 N–H and O–H groups in total. The van der Waals surface area contributed by atoms with Crippen molar-refractivity contribution in [2.24, 2.45) is 11.7 Å². The van der Waals surface area contributed by atoms with Gasteiger partial charge in [-0.2, -0.15) is 0 Å². The molecule has 1 saturated carbocycles. The van der Waals surface area contributed by atoms with Gasteiger partial charge in [-0.05, 0) is 30.9 Å². The fraction of sp³-hybridized carbons (Fsp3) is 0.474. The third-order valence-electron chi connectivity index (χ3n) is 5.54. The molecule has 148 valence electrons. The van der Waals surface area contributed by atoms with Crippen molar-refractivity contribution in [3.05, 3.63) is 34.7 Å². The van der Waals surface area contributed by atoms with Gasteiger partial charge in [-0.25, -0.2) is 13.9 Å². The Morgan fingerprint density at radius 3 is 2.61 bits per heavy atom. The maximum atomic E-state index is 12.8. The Balaban J connectivity index is 1.71. The SMILES string of the molecule is C[C@@H]1CCCC[C@H]1NC(=O)Cn1c2ccccc2n2c(=O)n(CC(N)=O)nc12. The Labute approximate surface area is 161 Å². The number of hydrogen-bond acceptors (Lipinski definition) is 4. The monoisotopic (exact) mass is 384 g/mol. The molecule has 1 fully saturated rings. The van der Waals surface area contributed by atoms with Crippen molar-refractivity contribution in [1.82, 2.24) is 24.1 Å². The quantitative estimate of drug-likeness (QED) is 0.671. The number of amides is 2. The molecule has 4 rings (SSSR count). The number of nitrogens with one attached hydrogen (secondary N) is 1. The van der Waals surface area contributed by atoms with Crippen LogP contribution in [0, 0.1) is 5.92 Å². The van der Waals surface area contributed by atoms with Crippen LogP contribution in [-0.4, -0.2) is 36.6 Å². The van der Waals surface area contributed by atoms with E-state index in [0.29, 0.717) is 17.2 Å². The molecule has 2 aromatic heterocycles. The molecule has 2 amide bonds.